The number of hydrogen-bond donors (Lipinski definition) is 1. The molecule has 0 spiro atoms. The average Bonchev–Trinajstić information content (AvgIpc) is 2.85. The number of esters is 1. The van der Waals surface area contributed by atoms with Crippen molar-refractivity contribution in [1.82, 2.24) is 5.43 Å². The van der Waals surface area contributed by atoms with Crippen LogP contribution in [0.5, 0.6) is 17.2 Å². The second-order valence-corrected chi connectivity index (χ2v) is 8.14. The monoisotopic (exact) mass is 524 g/mol. The standard InChI is InChI=1S/C26H25BrN2O5/c1-2-3-16-32-22-12-6-20(7-13-22)26(31)34-24-10-4-19(5-11-24)17-28-29-25(30)18-33-23-14-8-21(27)9-15-23/h4-15,17H,2-3,16,18H2,1H3,(H,29,30)/b28-17+. The highest BCUT2D eigenvalue weighted by Crippen LogP contribution is 2.17. The van der Waals surface area contributed by atoms with Gasteiger partial charge in [-0.3, -0.25) is 4.79 Å². The highest BCUT2D eigenvalue weighted by atomic mass is 79.9. The fraction of sp³-hybridized carbons (Fsp3) is 0.192. The van der Waals surface area contributed by atoms with Crippen LogP contribution in [-0.2, 0) is 4.79 Å². The van der Waals surface area contributed by atoms with E-state index in [2.05, 4.69) is 33.4 Å². The lowest BCUT2D eigenvalue weighted by atomic mass is 10.2. The van der Waals surface area contributed by atoms with Crippen LogP contribution in [0.3, 0.4) is 0 Å². The Bertz CT molecular complexity index is 1100. The summed E-state index contributed by atoms with van der Waals surface area (Å²) in [6.45, 7) is 2.60. The first kappa shape index (κ1) is 25.0. The highest BCUT2D eigenvalue weighted by molar-refractivity contribution is 9.10. The first-order valence-electron chi connectivity index (χ1n) is 10.8. The van der Waals surface area contributed by atoms with Gasteiger partial charge in [0.05, 0.1) is 18.4 Å². The fourth-order valence-corrected chi connectivity index (χ4v) is 2.96. The minimum atomic E-state index is -0.459. The molecule has 0 heterocycles. The van der Waals surface area contributed by atoms with Gasteiger partial charge in [0.25, 0.3) is 5.91 Å². The van der Waals surface area contributed by atoms with E-state index in [4.69, 9.17) is 14.2 Å². The van der Waals surface area contributed by atoms with E-state index >= 15 is 0 Å². The zero-order valence-electron chi connectivity index (χ0n) is 18.7. The Labute approximate surface area is 206 Å². The number of carbonyl (C=O) groups is 2. The van der Waals surface area contributed by atoms with Gasteiger partial charge < -0.3 is 14.2 Å². The molecule has 3 aromatic rings. The molecule has 0 atom stereocenters. The van der Waals surface area contributed by atoms with E-state index in [1.54, 1.807) is 60.7 Å². The van der Waals surface area contributed by atoms with Crippen LogP contribution in [0.25, 0.3) is 0 Å². The molecular formula is C26H25BrN2O5. The minimum absolute atomic E-state index is 0.153. The Morgan fingerprint density at radius 2 is 1.50 bits per heavy atom. The molecule has 1 N–H and O–H groups in total. The predicted octanol–water partition coefficient (Wildman–Crippen LogP) is 5.38. The third kappa shape index (κ3) is 8.37. The number of hydrazone groups is 1. The van der Waals surface area contributed by atoms with E-state index in [1.807, 2.05) is 12.1 Å². The van der Waals surface area contributed by atoms with Crippen molar-refractivity contribution < 1.29 is 23.8 Å². The van der Waals surface area contributed by atoms with E-state index < -0.39 is 5.97 Å². The summed E-state index contributed by atoms with van der Waals surface area (Å²) in [4.78, 5) is 24.2. The number of ether oxygens (including phenoxy) is 3. The minimum Gasteiger partial charge on any atom is -0.494 e. The number of nitrogens with zero attached hydrogens (tertiary/aromatic N) is 1. The van der Waals surface area contributed by atoms with Gasteiger partial charge in [0.1, 0.15) is 17.2 Å². The van der Waals surface area contributed by atoms with Crippen LogP contribution in [0.4, 0.5) is 0 Å². The molecule has 0 unspecified atom stereocenters. The van der Waals surface area contributed by atoms with Gasteiger partial charge in [0, 0.05) is 4.47 Å². The normalized spacial score (nSPS) is 10.6. The predicted molar refractivity (Wildman–Crippen MR) is 134 cm³/mol. The van der Waals surface area contributed by atoms with Crippen molar-refractivity contribution in [3.63, 3.8) is 0 Å². The van der Waals surface area contributed by atoms with Crippen LogP contribution in [0.2, 0.25) is 0 Å². The molecule has 3 aromatic carbocycles. The van der Waals surface area contributed by atoms with E-state index in [-0.39, 0.29) is 12.5 Å². The van der Waals surface area contributed by atoms with Crippen molar-refractivity contribution in [1.29, 1.82) is 0 Å². The molecular weight excluding hydrogens is 500 g/mol. The molecule has 8 heteroatoms. The SMILES string of the molecule is CCCCOc1ccc(C(=O)Oc2ccc(/C=N/NC(=O)COc3ccc(Br)cc3)cc2)cc1. The van der Waals surface area contributed by atoms with Gasteiger partial charge in [-0.25, -0.2) is 10.2 Å². The second-order valence-electron chi connectivity index (χ2n) is 7.22. The van der Waals surface area contributed by atoms with Crippen molar-refractivity contribution in [2.75, 3.05) is 13.2 Å². The molecule has 0 bridgehead atoms. The first-order chi connectivity index (χ1) is 16.5. The van der Waals surface area contributed by atoms with Crippen LogP contribution in [0.1, 0.15) is 35.7 Å². The maximum atomic E-state index is 12.3. The number of halogens is 1. The fourth-order valence-electron chi connectivity index (χ4n) is 2.70. The molecule has 0 aliphatic heterocycles. The third-order valence-electron chi connectivity index (χ3n) is 4.53. The van der Waals surface area contributed by atoms with Crippen molar-refractivity contribution >= 4 is 34.0 Å². The molecule has 0 fully saturated rings. The molecule has 1 amide bonds. The van der Waals surface area contributed by atoms with Crippen molar-refractivity contribution in [2.24, 2.45) is 5.10 Å². The van der Waals surface area contributed by atoms with Crippen LogP contribution >= 0.6 is 15.9 Å². The van der Waals surface area contributed by atoms with E-state index in [0.29, 0.717) is 23.7 Å². The maximum Gasteiger partial charge on any atom is 0.343 e. The maximum absolute atomic E-state index is 12.3. The molecule has 0 saturated heterocycles. The molecule has 0 aliphatic carbocycles. The van der Waals surface area contributed by atoms with E-state index in [9.17, 15) is 9.59 Å². The molecule has 34 heavy (non-hydrogen) atoms. The molecule has 0 radical (unpaired) electrons. The molecule has 3 rings (SSSR count). The van der Waals surface area contributed by atoms with Gasteiger partial charge in [0.2, 0.25) is 0 Å². The van der Waals surface area contributed by atoms with Gasteiger partial charge in [-0.2, -0.15) is 5.10 Å². The smallest absolute Gasteiger partial charge is 0.343 e. The van der Waals surface area contributed by atoms with Crippen LogP contribution < -0.4 is 19.6 Å². The highest BCUT2D eigenvalue weighted by Gasteiger charge is 2.09. The summed E-state index contributed by atoms with van der Waals surface area (Å²) >= 11 is 3.34. The Kier molecular flexibility index (Phi) is 9.66. The lowest BCUT2D eigenvalue weighted by molar-refractivity contribution is -0.123. The summed E-state index contributed by atoms with van der Waals surface area (Å²) in [5.74, 6) is 0.868. The van der Waals surface area contributed by atoms with Gasteiger partial charge in [0.15, 0.2) is 6.61 Å². The quantitative estimate of drug-likeness (QED) is 0.120. The summed E-state index contributed by atoms with van der Waals surface area (Å²) in [7, 11) is 0. The largest absolute Gasteiger partial charge is 0.494 e. The lowest BCUT2D eigenvalue weighted by Crippen LogP contribution is -2.24. The molecule has 176 valence electrons. The molecule has 0 saturated carbocycles. The summed E-state index contributed by atoms with van der Waals surface area (Å²) in [5.41, 5.74) is 3.56. The van der Waals surface area contributed by atoms with Crippen LogP contribution in [-0.4, -0.2) is 31.3 Å². The number of carbonyl (C=O) groups excluding carboxylic acids is 2. The summed E-state index contributed by atoms with van der Waals surface area (Å²) in [5, 5.41) is 3.91. The number of unbranched alkanes of at least 4 members (excludes halogenated alkanes) is 1. The lowest BCUT2D eigenvalue weighted by Gasteiger charge is -2.07. The van der Waals surface area contributed by atoms with Crippen molar-refractivity contribution in [3.05, 3.63) is 88.4 Å². The zero-order chi connectivity index (χ0) is 24.2. The van der Waals surface area contributed by atoms with Crippen molar-refractivity contribution in [3.8, 4) is 17.2 Å². The Hall–Kier alpha value is -3.65. The number of hydrogen-bond acceptors (Lipinski definition) is 6. The number of rotatable bonds is 11. The van der Waals surface area contributed by atoms with Crippen molar-refractivity contribution in [2.45, 2.75) is 19.8 Å². The van der Waals surface area contributed by atoms with Gasteiger partial charge in [-0.1, -0.05) is 29.3 Å². The zero-order valence-corrected chi connectivity index (χ0v) is 20.3. The van der Waals surface area contributed by atoms with Gasteiger partial charge in [-0.15, -0.1) is 0 Å². The Balaban J connectivity index is 1.43. The summed E-state index contributed by atoms with van der Waals surface area (Å²) in [6, 6.07) is 20.8. The second kappa shape index (κ2) is 13.2. The summed E-state index contributed by atoms with van der Waals surface area (Å²) < 4.78 is 17.3. The number of amides is 1. The molecule has 0 aromatic heterocycles. The number of nitrogens with one attached hydrogen (secondary N) is 1. The Morgan fingerprint density at radius 1 is 0.882 bits per heavy atom. The van der Waals surface area contributed by atoms with Gasteiger partial charge in [-0.05, 0) is 84.8 Å². The van der Waals surface area contributed by atoms with Gasteiger partial charge >= 0.3 is 5.97 Å². The topological polar surface area (TPSA) is 86.2 Å². The number of benzene rings is 3. The van der Waals surface area contributed by atoms with Crippen LogP contribution in [0.15, 0.2) is 82.4 Å². The average molecular weight is 525 g/mol. The third-order valence-corrected chi connectivity index (χ3v) is 5.06. The van der Waals surface area contributed by atoms with Crippen LogP contribution in [0, 0.1) is 0 Å². The summed E-state index contributed by atoms with van der Waals surface area (Å²) in [6.07, 6.45) is 3.53. The molecule has 7 nitrogen and oxygen atoms in total. The first-order valence-corrected chi connectivity index (χ1v) is 11.6. The van der Waals surface area contributed by atoms with E-state index in [1.165, 1.54) is 6.21 Å². The van der Waals surface area contributed by atoms with E-state index in [0.717, 1.165) is 28.6 Å². The molecule has 0 aliphatic rings. The Morgan fingerprint density at radius 3 is 2.18 bits per heavy atom.